The summed E-state index contributed by atoms with van der Waals surface area (Å²) in [5.74, 6) is 0.218. The molecular weight excluding hydrogens is 478 g/mol. The van der Waals surface area contributed by atoms with Crippen LogP contribution in [0.3, 0.4) is 0 Å². The standard InChI is InChI=1S/C35H35N3O/c1-23-21-24(2)36-34-32(23)30-15-9-10-16-31(30)38(34)22-26-17-19-29(20-18-26)33(28-13-7-8-14-28)35(39)37-25(3)27-11-5-4-6-12-27/h4-6,9-12,15-21,28,33H,3,7-8,13-14,22H2,1-2H3,(H,37,39)/t33-/m0/s1. The molecule has 1 N–H and O–H groups in total. The molecule has 1 fully saturated rings. The first-order valence-corrected chi connectivity index (χ1v) is 14.0. The van der Waals surface area contributed by atoms with Crippen molar-refractivity contribution in [1.82, 2.24) is 14.9 Å². The quantitative estimate of drug-likeness (QED) is 0.240. The lowest BCUT2D eigenvalue weighted by atomic mass is 9.83. The summed E-state index contributed by atoms with van der Waals surface area (Å²) >= 11 is 0. The van der Waals surface area contributed by atoms with Crippen molar-refractivity contribution in [3.63, 3.8) is 0 Å². The molecule has 0 saturated heterocycles. The molecule has 1 saturated carbocycles. The topological polar surface area (TPSA) is 46.9 Å². The molecular formula is C35H35N3O. The molecule has 0 unspecified atom stereocenters. The molecule has 0 bridgehead atoms. The van der Waals surface area contributed by atoms with E-state index in [1.807, 2.05) is 30.3 Å². The highest BCUT2D eigenvalue weighted by atomic mass is 16.1. The number of pyridine rings is 1. The van der Waals surface area contributed by atoms with Gasteiger partial charge in [-0.25, -0.2) is 4.98 Å². The van der Waals surface area contributed by atoms with Crippen LogP contribution < -0.4 is 5.32 Å². The van der Waals surface area contributed by atoms with Gasteiger partial charge in [0, 0.05) is 28.7 Å². The Morgan fingerprint density at radius 3 is 2.41 bits per heavy atom. The highest BCUT2D eigenvalue weighted by molar-refractivity contribution is 6.08. The van der Waals surface area contributed by atoms with Gasteiger partial charge in [0.05, 0.1) is 11.4 Å². The van der Waals surface area contributed by atoms with Gasteiger partial charge in [0.15, 0.2) is 0 Å². The fourth-order valence-corrected chi connectivity index (χ4v) is 6.42. The molecule has 1 aliphatic rings. The summed E-state index contributed by atoms with van der Waals surface area (Å²) in [6.45, 7) is 9.10. The third kappa shape index (κ3) is 4.87. The van der Waals surface area contributed by atoms with Gasteiger partial charge in [-0.2, -0.15) is 0 Å². The molecule has 0 radical (unpaired) electrons. The van der Waals surface area contributed by atoms with Crippen LogP contribution in [0, 0.1) is 19.8 Å². The second-order valence-electron chi connectivity index (χ2n) is 11.0. The predicted octanol–water partition coefficient (Wildman–Crippen LogP) is 7.92. The summed E-state index contributed by atoms with van der Waals surface area (Å²) in [5, 5.41) is 5.60. The van der Waals surface area contributed by atoms with Crippen molar-refractivity contribution in [3.05, 3.63) is 119 Å². The van der Waals surface area contributed by atoms with Crippen molar-refractivity contribution in [2.45, 2.75) is 52.0 Å². The number of nitrogens with one attached hydrogen (secondary N) is 1. The number of rotatable bonds is 7. The fourth-order valence-electron chi connectivity index (χ4n) is 6.42. The monoisotopic (exact) mass is 513 g/mol. The summed E-state index contributed by atoms with van der Waals surface area (Å²) in [5.41, 5.74) is 8.38. The molecule has 2 heterocycles. The molecule has 39 heavy (non-hydrogen) atoms. The molecule has 196 valence electrons. The van der Waals surface area contributed by atoms with Gasteiger partial charge in [-0.15, -0.1) is 0 Å². The van der Waals surface area contributed by atoms with Crippen molar-refractivity contribution >= 4 is 33.5 Å². The van der Waals surface area contributed by atoms with Gasteiger partial charge in [0.2, 0.25) is 5.91 Å². The van der Waals surface area contributed by atoms with Gasteiger partial charge in [0.25, 0.3) is 0 Å². The average Bonchev–Trinajstić information content (AvgIpc) is 3.57. The number of amides is 1. The molecule has 1 amide bonds. The minimum absolute atomic E-state index is 0.0426. The van der Waals surface area contributed by atoms with Crippen LogP contribution in [0.25, 0.3) is 27.6 Å². The van der Waals surface area contributed by atoms with Crippen molar-refractivity contribution < 1.29 is 4.79 Å². The molecule has 1 atom stereocenters. The normalized spacial score (nSPS) is 14.6. The third-order valence-corrected chi connectivity index (χ3v) is 8.28. The zero-order chi connectivity index (χ0) is 26.9. The number of aryl methyl sites for hydroxylation is 2. The molecule has 0 spiro atoms. The van der Waals surface area contributed by atoms with Crippen molar-refractivity contribution in [3.8, 4) is 0 Å². The van der Waals surface area contributed by atoms with Crippen molar-refractivity contribution in [2.75, 3.05) is 0 Å². The number of hydrogen-bond acceptors (Lipinski definition) is 2. The summed E-state index contributed by atoms with van der Waals surface area (Å²) < 4.78 is 2.32. The molecule has 5 aromatic rings. The number of para-hydroxylation sites is 1. The number of carbonyl (C=O) groups excluding carboxylic acids is 1. The van der Waals surface area contributed by atoms with Crippen LogP contribution in [0.2, 0.25) is 0 Å². The van der Waals surface area contributed by atoms with Gasteiger partial charge < -0.3 is 9.88 Å². The Balaban J connectivity index is 1.30. The van der Waals surface area contributed by atoms with E-state index in [0.717, 1.165) is 41.9 Å². The van der Waals surface area contributed by atoms with Gasteiger partial charge in [0.1, 0.15) is 5.65 Å². The van der Waals surface area contributed by atoms with E-state index in [-0.39, 0.29) is 11.8 Å². The number of hydrogen-bond donors (Lipinski definition) is 1. The first kappa shape index (κ1) is 25.1. The van der Waals surface area contributed by atoms with Gasteiger partial charge in [-0.05, 0) is 67.0 Å². The van der Waals surface area contributed by atoms with Crippen molar-refractivity contribution in [1.29, 1.82) is 0 Å². The lowest BCUT2D eigenvalue weighted by Gasteiger charge is -2.24. The lowest BCUT2D eigenvalue weighted by molar-refractivity contribution is -0.122. The molecule has 4 heteroatoms. The van der Waals surface area contributed by atoms with Gasteiger partial charge >= 0.3 is 0 Å². The maximum Gasteiger partial charge on any atom is 0.232 e. The van der Waals surface area contributed by atoms with Crippen LogP contribution in [-0.4, -0.2) is 15.5 Å². The Labute approximate surface area is 230 Å². The second-order valence-corrected chi connectivity index (χ2v) is 11.0. The summed E-state index contributed by atoms with van der Waals surface area (Å²) in [7, 11) is 0. The van der Waals surface area contributed by atoms with E-state index in [9.17, 15) is 4.79 Å². The fraction of sp³-hybridized carbons (Fsp3) is 0.257. The minimum atomic E-state index is -0.179. The SMILES string of the molecule is C=C(NC(=O)[C@H](c1ccc(Cn2c3ccccc3c3c(C)cc(C)nc32)cc1)C1CCCC1)c1ccccc1. The zero-order valence-electron chi connectivity index (χ0n) is 22.8. The third-order valence-electron chi connectivity index (χ3n) is 8.28. The zero-order valence-corrected chi connectivity index (χ0v) is 22.8. The van der Waals surface area contributed by atoms with Gasteiger partial charge in [-0.3, -0.25) is 4.79 Å². The number of aromatic nitrogens is 2. The van der Waals surface area contributed by atoms with E-state index < -0.39 is 0 Å². The van der Waals surface area contributed by atoms with E-state index >= 15 is 0 Å². The summed E-state index contributed by atoms with van der Waals surface area (Å²) in [6.07, 6.45) is 4.55. The molecule has 6 rings (SSSR count). The first-order chi connectivity index (χ1) is 19.0. The maximum atomic E-state index is 13.6. The molecule has 1 aliphatic carbocycles. The van der Waals surface area contributed by atoms with Crippen LogP contribution in [0.5, 0.6) is 0 Å². The van der Waals surface area contributed by atoms with E-state index in [1.165, 1.54) is 40.3 Å². The van der Waals surface area contributed by atoms with Crippen LogP contribution in [-0.2, 0) is 11.3 Å². The number of fused-ring (bicyclic) bond motifs is 3. The molecule has 2 aromatic heterocycles. The smallest absolute Gasteiger partial charge is 0.232 e. The van der Waals surface area contributed by atoms with Crippen LogP contribution >= 0.6 is 0 Å². The Bertz CT molecular complexity index is 1660. The Morgan fingerprint density at radius 2 is 1.67 bits per heavy atom. The number of nitrogens with zero attached hydrogens (tertiary/aromatic N) is 2. The maximum absolute atomic E-state index is 13.6. The minimum Gasteiger partial charge on any atom is -0.326 e. The average molecular weight is 514 g/mol. The molecule has 0 aliphatic heterocycles. The summed E-state index contributed by atoms with van der Waals surface area (Å²) in [6, 6.07) is 29.3. The molecule has 4 nitrogen and oxygen atoms in total. The van der Waals surface area contributed by atoms with Crippen LogP contribution in [0.1, 0.15) is 59.5 Å². The number of benzene rings is 3. The highest BCUT2D eigenvalue weighted by Gasteiger charge is 2.32. The van der Waals surface area contributed by atoms with Crippen LogP contribution in [0.15, 0.2) is 91.5 Å². The second kappa shape index (κ2) is 10.5. The van der Waals surface area contributed by atoms with E-state index in [2.05, 4.69) is 84.9 Å². The number of carbonyl (C=O) groups is 1. The Hall–Kier alpha value is -4.18. The largest absolute Gasteiger partial charge is 0.326 e. The van der Waals surface area contributed by atoms with E-state index in [4.69, 9.17) is 4.98 Å². The van der Waals surface area contributed by atoms with Crippen molar-refractivity contribution in [2.24, 2.45) is 5.92 Å². The van der Waals surface area contributed by atoms with E-state index in [0.29, 0.717) is 11.6 Å². The Kier molecular flexibility index (Phi) is 6.78. The van der Waals surface area contributed by atoms with Gasteiger partial charge in [-0.1, -0.05) is 92.2 Å². The lowest BCUT2D eigenvalue weighted by Crippen LogP contribution is -2.31. The van der Waals surface area contributed by atoms with Crippen LogP contribution in [0.4, 0.5) is 0 Å². The summed E-state index contributed by atoms with van der Waals surface area (Å²) in [4.78, 5) is 18.6. The van der Waals surface area contributed by atoms with E-state index in [1.54, 1.807) is 0 Å². The Morgan fingerprint density at radius 1 is 0.974 bits per heavy atom. The molecule has 3 aromatic carbocycles. The first-order valence-electron chi connectivity index (χ1n) is 14.0. The predicted molar refractivity (Wildman–Crippen MR) is 161 cm³/mol. The highest BCUT2D eigenvalue weighted by Crippen LogP contribution is 2.38.